The summed E-state index contributed by atoms with van der Waals surface area (Å²) in [5.41, 5.74) is 0.841. The van der Waals surface area contributed by atoms with Gasteiger partial charge in [-0.3, -0.25) is 0 Å². The highest BCUT2D eigenvalue weighted by Gasteiger charge is 2.08. The number of aryl methyl sites for hydroxylation is 1. The molecule has 2 rings (SSSR count). The molecule has 0 bridgehead atoms. The number of ether oxygens (including phenoxy) is 1. The molecule has 1 aromatic heterocycles. The summed E-state index contributed by atoms with van der Waals surface area (Å²) < 4.78 is 5.38. The van der Waals surface area contributed by atoms with E-state index in [0.717, 1.165) is 0 Å². The van der Waals surface area contributed by atoms with E-state index in [0.29, 0.717) is 16.3 Å². The Morgan fingerprint density at radius 3 is 2.56 bits per heavy atom. The second-order valence-electron chi connectivity index (χ2n) is 3.57. The molecule has 6 heteroatoms. The number of carbonyl (C=O) groups is 1. The lowest BCUT2D eigenvalue weighted by molar-refractivity contribution is 0.0696. The van der Waals surface area contributed by atoms with Crippen molar-refractivity contribution in [1.82, 2.24) is 9.97 Å². The van der Waals surface area contributed by atoms with Gasteiger partial charge in [0, 0.05) is 0 Å². The highest BCUT2D eigenvalue weighted by atomic mass is 35.5. The van der Waals surface area contributed by atoms with Crippen molar-refractivity contribution >= 4 is 17.6 Å². The zero-order chi connectivity index (χ0) is 13.1. The molecule has 0 atom stereocenters. The molecule has 0 fully saturated rings. The van der Waals surface area contributed by atoms with Gasteiger partial charge < -0.3 is 9.84 Å². The number of hydrogen-bond donors (Lipinski definition) is 1. The first kappa shape index (κ1) is 12.3. The van der Waals surface area contributed by atoms with Crippen LogP contribution < -0.4 is 4.74 Å². The van der Waals surface area contributed by atoms with Gasteiger partial charge in [-0.05, 0) is 30.7 Å². The van der Waals surface area contributed by atoms with Crippen LogP contribution in [0.5, 0.6) is 11.8 Å². The molecule has 1 aromatic carbocycles. The molecule has 0 unspecified atom stereocenters. The summed E-state index contributed by atoms with van der Waals surface area (Å²) in [5.74, 6) is -0.499. The van der Waals surface area contributed by atoms with E-state index >= 15 is 0 Å². The standard InChI is InChI=1S/C12H9ClN2O3/c1-7-4-9(2-3-10(7)11(16)17)18-12-14-5-8(13)6-15-12/h2-6H,1H3,(H,16,17). The van der Waals surface area contributed by atoms with Gasteiger partial charge in [0.15, 0.2) is 0 Å². The number of halogens is 1. The second kappa shape index (κ2) is 5.01. The summed E-state index contributed by atoms with van der Waals surface area (Å²) in [6.07, 6.45) is 2.84. The summed E-state index contributed by atoms with van der Waals surface area (Å²) in [6.45, 7) is 1.69. The highest BCUT2D eigenvalue weighted by Crippen LogP contribution is 2.21. The van der Waals surface area contributed by atoms with Gasteiger partial charge in [-0.25, -0.2) is 14.8 Å². The predicted molar refractivity (Wildman–Crippen MR) is 65.3 cm³/mol. The fraction of sp³-hybridized carbons (Fsp3) is 0.0833. The summed E-state index contributed by atoms with van der Waals surface area (Å²) in [6, 6.07) is 4.79. The number of benzene rings is 1. The first-order chi connectivity index (χ1) is 8.56. The maximum atomic E-state index is 10.8. The second-order valence-corrected chi connectivity index (χ2v) is 4.00. The van der Waals surface area contributed by atoms with E-state index in [2.05, 4.69) is 9.97 Å². The minimum Gasteiger partial charge on any atom is -0.478 e. The third-order valence-corrected chi connectivity index (χ3v) is 2.43. The van der Waals surface area contributed by atoms with Gasteiger partial charge in [0.1, 0.15) is 5.75 Å². The van der Waals surface area contributed by atoms with Gasteiger partial charge in [-0.2, -0.15) is 0 Å². The highest BCUT2D eigenvalue weighted by molar-refractivity contribution is 6.30. The van der Waals surface area contributed by atoms with Crippen LogP contribution in [0, 0.1) is 6.92 Å². The van der Waals surface area contributed by atoms with E-state index in [-0.39, 0.29) is 11.6 Å². The number of hydrogen-bond acceptors (Lipinski definition) is 4. The number of aromatic carboxylic acids is 1. The molecule has 92 valence electrons. The number of carboxylic acids is 1. The lowest BCUT2D eigenvalue weighted by Crippen LogP contribution is -2.00. The van der Waals surface area contributed by atoms with Gasteiger partial charge >= 0.3 is 12.0 Å². The molecule has 1 heterocycles. The van der Waals surface area contributed by atoms with Crippen molar-refractivity contribution in [2.45, 2.75) is 6.92 Å². The largest absolute Gasteiger partial charge is 0.478 e. The fourth-order valence-electron chi connectivity index (χ4n) is 1.40. The molecule has 0 aliphatic rings. The smallest absolute Gasteiger partial charge is 0.335 e. The molecule has 2 aromatic rings. The van der Waals surface area contributed by atoms with Crippen molar-refractivity contribution in [3.8, 4) is 11.8 Å². The Kier molecular flexibility index (Phi) is 3.43. The van der Waals surface area contributed by atoms with Crippen LogP contribution in [0.3, 0.4) is 0 Å². The van der Waals surface area contributed by atoms with Crippen LogP contribution in [0.2, 0.25) is 5.02 Å². The quantitative estimate of drug-likeness (QED) is 0.923. The van der Waals surface area contributed by atoms with Crippen LogP contribution in [0.25, 0.3) is 0 Å². The van der Waals surface area contributed by atoms with Crippen LogP contribution in [0.1, 0.15) is 15.9 Å². The minimum absolute atomic E-state index is 0.155. The van der Waals surface area contributed by atoms with Gasteiger partial charge in [-0.15, -0.1) is 0 Å². The molecule has 0 saturated carbocycles. The van der Waals surface area contributed by atoms with Crippen molar-refractivity contribution in [2.75, 3.05) is 0 Å². The molecule has 1 N–H and O–H groups in total. The van der Waals surface area contributed by atoms with Crippen LogP contribution in [-0.4, -0.2) is 21.0 Å². The normalized spacial score (nSPS) is 10.1. The lowest BCUT2D eigenvalue weighted by atomic mass is 10.1. The molecular weight excluding hydrogens is 256 g/mol. The molecule has 0 saturated heterocycles. The van der Waals surface area contributed by atoms with Gasteiger partial charge in [0.25, 0.3) is 0 Å². The Bertz CT molecular complexity index is 584. The van der Waals surface area contributed by atoms with Crippen LogP contribution in [-0.2, 0) is 0 Å². The molecule has 0 amide bonds. The van der Waals surface area contributed by atoms with Gasteiger partial charge in [-0.1, -0.05) is 11.6 Å². The van der Waals surface area contributed by atoms with E-state index < -0.39 is 5.97 Å². The Morgan fingerprint density at radius 2 is 2.00 bits per heavy atom. The maximum absolute atomic E-state index is 10.8. The Balaban J connectivity index is 2.22. The third kappa shape index (κ3) is 2.75. The molecule has 0 aliphatic carbocycles. The van der Waals surface area contributed by atoms with Crippen molar-refractivity contribution in [3.05, 3.63) is 46.7 Å². The Labute approximate surface area is 108 Å². The zero-order valence-electron chi connectivity index (χ0n) is 9.42. The molecule has 5 nitrogen and oxygen atoms in total. The average Bonchev–Trinajstić information content (AvgIpc) is 2.32. The summed E-state index contributed by atoms with van der Waals surface area (Å²) in [7, 11) is 0. The predicted octanol–water partition coefficient (Wildman–Crippen LogP) is 2.93. The molecule has 0 spiro atoms. The van der Waals surface area contributed by atoms with E-state index in [1.54, 1.807) is 19.1 Å². The van der Waals surface area contributed by atoms with Crippen molar-refractivity contribution in [1.29, 1.82) is 0 Å². The number of carboxylic acid groups (broad SMARTS) is 1. The molecule has 0 aliphatic heterocycles. The number of rotatable bonds is 3. The van der Waals surface area contributed by atoms with E-state index in [1.165, 1.54) is 18.5 Å². The van der Waals surface area contributed by atoms with Crippen LogP contribution in [0.15, 0.2) is 30.6 Å². The molecular formula is C12H9ClN2O3. The zero-order valence-corrected chi connectivity index (χ0v) is 10.2. The summed E-state index contributed by atoms with van der Waals surface area (Å²) >= 11 is 5.65. The van der Waals surface area contributed by atoms with Crippen molar-refractivity contribution in [2.24, 2.45) is 0 Å². The fourth-order valence-corrected chi connectivity index (χ4v) is 1.50. The van der Waals surface area contributed by atoms with Gasteiger partial charge in [0.2, 0.25) is 0 Å². The van der Waals surface area contributed by atoms with Gasteiger partial charge in [0.05, 0.1) is 23.0 Å². The van der Waals surface area contributed by atoms with Crippen molar-refractivity contribution in [3.63, 3.8) is 0 Å². The summed E-state index contributed by atoms with van der Waals surface area (Å²) in [5, 5.41) is 9.31. The third-order valence-electron chi connectivity index (χ3n) is 2.23. The lowest BCUT2D eigenvalue weighted by Gasteiger charge is -2.06. The molecule has 0 radical (unpaired) electrons. The van der Waals surface area contributed by atoms with Crippen molar-refractivity contribution < 1.29 is 14.6 Å². The van der Waals surface area contributed by atoms with Crippen LogP contribution >= 0.6 is 11.6 Å². The summed E-state index contributed by atoms with van der Waals surface area (Å²) in [4.78, 5) is 18.6. The maximum Gasteiger partial charge on any atom is 0.335 e. The monoisotopic (exact) mass is 264 g/mol. The van der Waals surface area contributed by atoms with E-state index in [4.69, 9.17) is 21.4 Å². The first-order valence-corrected chi connectivity index (χ1v) is 5.43. The van der Waals surface area contributed by atoms with E-state index in [1.807, 2.05) is 0 Å². The number of aromatic nitrogens is 2. The topological polar surface area (TPSA) is 72.3 Å². The SMILES string of the molecule is Cc1cc(Oc2ncc(Cl)cn2)ccc1C(=O)O. The first-order valence-electron chi connectivity index (χ1n) is 5.05. The van der Waals surface area contributed by atoms with E-state index in [9.17, 15) is 4.79 Å². The minimum atomic E-state index is -0.971. The Morgan fingerprint density at radius 1 is 1.33 bits per heavy atom. The Hall–Kier alpha value is -2.14. The number of nitrogens with zero attached hydrogens (tertiary/aromatic N) is 2. The average molecular weight is 265 g/mol. The van der Waals surface area contributed by atoms with Crippen LogP contribution in [0.4, 0.5) is 0 Å². The molecule has 18 heavy (non-hydrogen) atoms.